The molecule has 4 rings (SSSR count). The molecule has 0 saturated heterocycles. The van der Waals surface area contributed by atoms with Crippen LogP contribution >= 0.6 is 11.6 Å². The highest BCUT2D eigenvalue weighted by Crippen LogP contribution is 2.24. The minimum atomic E-state index is -1.09. The largest absolute Gasteiger partial charge is 0.489 e. The van der Waals surface area contributed by atoms with E-state index >= 15 is 0 Å². The predicted octanol–water partition coefficient (Wildman–Crippen LogP) is 4.14. The van der Waals surface area contributed by atoms with E-state index in [1.165, 1.54) is 19.2 Å². The first-order chi connectivity index (χ1) is 21.3. The number of benzene rings is 3. The van der Waals surface area contributed by atoms with E-state index in [9.17, 15) is 19.2 Å². The molecule has 1 aliphatic rings. The predicted molar refractivity (Wildman–Crippen MR) is 167 cm³/mol. The molecule has 0 saturated carbocycles. The molecule has 44 heavy (non-hydrogen) atoms. The standard InChI is InChI=1S/C34H36ClN3O6/c1-43-34(42)28-16-17-31(39)38(20-18-24-10-4-2-5-11-24)19-8-9-21-44-30-23-26(35)14-15-27(30)32(40)37-29(33(41)36-28)22-25-12-6-3-7-13-25/h2-15,23,28-29H,16-22H2,1H3,(H,36,41)(H,37,40)/b9-8-/t28-,29?/m0/s1. The lowest BCUT2D eigenvalue weighted by atomic mass is 10.0. The third-order valence-electron chi connectivity index (χ3n) is 7.24. The van der Waals surface area contributed by atoms with E-state index in [2.05, 4.69) is 10.6 Å². The third-order valence-corrected chi connectivity index (χ3v) is 7.47. The van der Waals surface area contributed by atoms with Crippen LogP contribution in [0.15, 0.2) is 91.0 Å². The quantitative estimate of drug-likeness (QED) is 0.318. The molecule has 10 heteroatoms. The van der Waals surface area contributed by atoms with E-state index in [-0.39, 0.29) is 43.1 Å². The number of esters is 1. The zero-order chi connectivity index (χ0) is 31.3. The molecule has 3 amide bonds. The van der Waals surface area contributed by atoms with Crippen molar-refractivity contribution in [1.29, 1.82) is 0 Å². The number of amides is 3. The average molecular weight is 618 g/mol. The van der Waals surface area contributed by atoms with Gasteiger partial charge in [0, 0.05) is 31.0 Å². The molecule has 0 spiro atoms. The first-order valence-electron chi connectivity index (χ1n) is 14.5. The molecule has 1 unspecified atom stereocenters. The normalized spacial score (nSPS) is 19.0. The van der Waals surface area contributed by atoms with Crippen molar-refractivity contribution in [3.63, 3.8) is 0 Å². The van der Waals surface area contributed by atoms with Crippen LogP contribution in [-0.2, 0) is 32.0 Å². The van der Waals surface area contributed by atoms with Crippen molar-refractivity contribution in [2.24, 2.45) is 0 Å². The van der Waals surface area contributed by atoms with Gasteiger partial charge in [-0.1, -0.05) is 78.3 Å². The number of halogens is 1. The second-order valence-corrected chi connectivity index (χ2v) is 10.8. The molecular formula is C34H36ClN3O6. The number of methoxy groups -OCH3 is 1. The Morgan fingerprint density at radius 2 is 1.66 bits per heavy atom. The van der Waals surface area contributed by atoms with Gasteiger partial charge in [-0.2, -0.15) is 0 Å². The van der Waals surface area contributed by atoms with Crippen LogP contribution in [0.4, 0.5) is 0 Å². The number of ether oxygens (including phenoxy) is 2. The summed E-state index contributed by atoms with van der Waals surface area (Å²) in [6.45, 7) is 0.894. The van der Waals surface area contributed by atoms with Crippen LogP contribution < -0.4 is 15.4 Å². The fourth-order valence-corrected chi connectivity index (χ4v) is 4.98. The van der Waals surface area contributed by atoms with Gasteiger partial charge >= 0.3 is 5.97 Å². The number of rotatable bonds is 6. The minimum Gasteiger partial charge on any atom is -0.489 e. The second-order valence-electron chi connectivity index (χ2n) is 10.3. The van der Waals surface area contributed by atoms with Crippen molar-refractivity contribution in [2.75, 3.05) is 26.8 Å². The summed E-state index contributed by atoms with van der Waals surface area (Å²) in [7, 11) is 1.22. The van der Waals surface area contributed by atoms with Gasteiger partial charge in [0.1, 0.15) is 24.4 Å². The van der Waals surface area contributed by atoms with Crippen LogP contribution in [0.5, 0.6) is 5.75 Å². The van der Waals surface area contributed by atoms with E-state index in [1.807, 2.05) is 66.7 Å². The van der Waals surface area contributed by atoms with E-state index in [0.717, 1.165) is 11.1 Å². The molecule has 230 valence electrons. The number of nitrogens with one attached hydrogen (secondary N) is 2. The molecule has 1 heterocycles. The van der Waals surface area contributed by atoms with Crippen molar-refractivity contribution in [2.45, 2.75) is 37.8 Å². The Kier molecular flexibility index (Phi) is 11.9. The van der Waals surface area contributed by atoms with Gasteiger partial charge in [-0.25, -0.2) is 4.79 Å². The summed E-state index contributed by atoms with van der Waals surface area (Å²) in [6.07, 6.45) is 4.42. The summed E-state index contributed by atoms with van der Waals surface area (Å²) >= 11 is 6.21. The Labute approximate surface area is 262 Å². The lowest BCUT2D eigenvalue weighted by Gasteiger charge is -2.24. The topological polar surface area (TPSA) is 114 Å². The molecule has 0 fully saturated rings. The van der Waals surface area contributed by atoms with Gasteiger partial charge in [0.05, 0.1) is 12.7 Å². The lowest BCUT2D eigenvalue weighted by Crippen LogP contribution is -2.53. The zero-order valence-corrected chi connectivity index (χ0v) is 25.3. The Morgan fingerprint density at radius 1 is 0.955 bits per heavy atom. The van der Waals surface area contributed by atoms with E-state index in [0.29, 0.717) is 24.5 Å². The maximum absolute atomic E-state index is 13.6. The molecule has 0 bridgehead atoms. The maximum Gasteiger partial charge on any atom is 0.328 e. The molecule has 0 aliphatic carbocycles. The van der Waals surface area contributed by atoms with Crippen molar-refractivity contribution < 1.29 is 28.7 Å². The third kappa shape index (κ3) is 9.44. The monoisotopic (exact) mass is 617 g/mol. The van der Waals surface area contributed by atoms with Crippen molar-refractivity contribution >= 4 is 35.3 Å². The number of hydrogen-bond acceptors (Lipinski definition) is 6. The van der Waals surface area contributed by atoms with Crippen LogP contribution in [-0.4, -0.2) is 67.5 Å². The fraction of sp³-hybridized carbons (Fsp3) is 0.294. The van der Waals surface area contributed by atoms with Crippen LogP contribution in [0.1, 0.15) is 34.3 Å². The number of hydrogen-bond donors (Lipinski definition) is 2. The molecule has 2 N–H and O–H groups in total. The molecule has 2 atom stereocenters. The Morgan fingerprint density at radius 3 is 2.36 bits per heavy atom. The molecule has 3 aromatic carbocycles. The molecular weight excluding hydrogens is 582 g/mol. The van der Waals surface area contributed by atoms with Crippen molar-refractivity contribution in [3.05, 3.63) is 113 Å². The van der Waals surface area contributed by atoms with Crippen LogP contribution in [0, 0.1) is 0 Å². The van der Waals surface area contributed by atoms with Crippen LogP contribution in [0.3, 0.4) is 0 Å². The van der Waals surface area contributed by atoms with Crippen LogP contribution in [0.25, 0.3) is 0 Å². The molecule has 0 radical (unpaired) electrons. The first kappa shape index (κ1) is 32.3. The number of carbonyl (C=O) groups is 4. The zero-order valence-electron chi connectivity index (χ0n) is 24.5. The van der Waals surface area contributed by atoms with Gasteiger partial charge in [-0.15, -0.1) is 0 Å². The molecule has 0 aromatic heterocycles. The van der Waals surface area contributed by atoms with Gasteiger partial charge in [-0.05, 0) is 48.2 Å². The molecule has 3 aromatic rings. The Balaban J connectivity index is 1.63. The minimum absolute atomic E-state index is 0.00116. The highest BCUT2D eigenvalue weighted by molar-refractivity contribution is 6.30. The van der Waals surface area contributed by atoms with Gasteiger partial charge in [0.25, 0.3) is 5.91 Å². The summed E-state index contributed by atoms with van der Waals surface area (Å²) < 4.78 is 10.9. The van der Waals surface area contributed by atoms with Gasteiger partial charge in [0.15, 0.2) is 0 Å². The second kappa shape index (κ2) is 16.3. The van der Waals surface area contributed by atoms with E-state index in [4.69, 9.17) is 21.1 Å². The van der Waals surface area contributed by atoms with Gasteiger partial charge in [0.2, 0.25) is 11.8 Å². The van der Waals surface area contributed by atoms with Gasteiger partial charge in [-0.3, -0.25) is 14.4 Å². The summed E-state index contributed by atoms with van der Waals surface area (Å²) in [5.74, 6) is -1.75. The SMILES string of the molecule is COC(=O)[C@@H]1CCC(=O)N(CCc2ccccc2)C/C=C\COc2cc(Cl)ccc2C(=O)NC(Cc2ccccc2)C(=O)N1. The fourth-order valence-electron chi connectivity index (χ4n) is 4.82. The summed E-state index contributed by atoms with van der Waals surface area (Å²) in [4.78, 5) is 54.9. The molecule has 9 nitrogen and oxygen atoms in total. The van der Waals surface area contributed by atoms with Gasteiger partial charge < -0.3 is 25.0 Å². The lowest BCUT2D eigenvalue weighted by molar-refractivity contribution is -0.145. The summed E-state index contributed by atoms with van der Waals surface area (Å²) in [6, 6.07) is 21.5. The van der Waals surface area contributed by atoms with Crippen LogP contribution in [0.2, 0.25) is 5.02 Å². The number of nitrogens with zero attached hydrogens (tertiary/aromatic N) is 1. The van der Waals surface area contributed by atoms with E-state index < -0.39 is 29.9 Å². The maximum atomic E-state index is 13.6. The summed E-state index contributed by atoms with van der Waals surface area (Å²) in [5.41, 5.74) is 2.09. The Bertz CT molecular complexity index is 1460. The first-order valence-corrected chi connectivity index (χ1v) is 14.8. The number of carbonyl (C=O) groups excluding carboxylic acids is 4. The highest BCUT2D eigenvalue weighted by Gasteiger charge is 2.29. The van der Waals surface area contributed by atoms with E-state index in [1.54, 1.807) is 17.0 Å². The smallest absolute Gasteiger partial charge is 0.328 e. The van der Waals surface area contributed by atoms with Crippen molar-refractivity contribution in [1.82, 2.24) is 15.5 Å². The van der Waals surface area contributed by atoms with Crippen molar-refractivity contribution in [3.8, 4) is 5.75 Å². The number of fused-ring (bicyclic) bond motifs is 1. The average Bonchev–Trinajstić information content (AvgIpc) is 3.04. The summed E-state index contributed by atoms with van der Waals surface area (Å²) in [5, 5.41) is 5.88. The Hall–Kier alpha value is -4.63. The molecule has 1 aliphatic heterocycles. The highest BCUT2D eigenvalue weighted by atomic mass is 35.5.